The molecular formula is C22H21BrN2O5S. The van der Waals surface area contributed by atoms with E-state index in [1.54, 1.807) is 56.3 Å². The summed E-state index contributed by atoms with van der Waals surface area (Å²) in [6.07, 6.45) is 0. The monoisotopic (exact) mass is 504 g/mol. The SMILES string of the molecule is COc1cccc(NC(=O)Cn2c(C)cc(C)c(S(=O)(=O)c3ccc(Br)cc3)c2=O)c1. The van der Waals surface area contributed by atoms with E-state index in [9.17, 15) is 18.0 Å². The van der Waals surface area contributed by atoms with Crippen LogP contribution in [0.4, 0.5) is 5.69 Å². The minimum absolute atomic E-state index is 0.00661. The maximum Gasteiger partial charge on any atom is 0.270 e. The lowest BCUT2D eigenvalue weighted by Crippen LogP contribution is -2.33. The third kappa shape index (κ3) is 4.88. The molecule has 9 heteroatoms. The van der Waals surface area contributed by atoms with Gasteiger partial charge in [-0.3, -0.25) is 9.59 Å². The lowest BCUT2D eigenvalue weighted by molar-refractivity contribution is -0.116. The number of ether oxygens (including phenoxy) is 1. The van der Waals surface area contributed by atoms with Crippen LogP contribution in [0.3, 0.4) is 0 Å². The van der Waals surface area contributed by atoms with E-state index in [0.717, 1.165) is 9.04 Å². The lowest BCUT2D eigenvalue weighted by Gasteiger charge is -2.15. The van der Waals surface area contributed by atoms with Crippen LogP contribution in [0.1, 0.15) is 11.3 Å². The second-order valence-electron chi connectivity index (χ2n) is 6.93. The molecule has 1 amide bonds. The Balaban J connectivity index is 1.98. The average Bonchev–Trinajstić information content (AvgIpc) is 2.71. The summed E-state index contributed by atoms with van der Waals surface area (Å²) in [6, 6.07) is 14.4. The van der Waals surface area contributed by atoms with E-state index in [0.29, 0.717) is 22.7 Å². The summed E-state index contributed by atoms with van der Waals surface area (Å²) in [6.45, 7) is 2.90. The van der Waals surface area contributed by atoms with Crippen molar-refractivity contribution >= 4 is 37.4 Å². The largest absolute Gasteiger partial charge is 0.497 e. The number of sulfone groups is 1. The number of methoxy groups -OCH3 is 1. The predicted molar refractivity (Wildman–Crippen MR) is 121 cm³/mol. The van der Waals surface area contributed by atoms with Gasteiger partial charge in [0.05, 0.1) is 12.0 Å². The fraction of sp³-hybridized carbons (Fsp3) is 0.182. The van der Waals surface area contributed by atoms with Crippen LogP contribution in [0.2, 0.25) is 0 Å². The topological polar surface area (TPSA) is 94.5 Å². The Morgan fingerprint density at radius 2 is 1.77 bits per heavy atom. The molecule has 162 valence electrons. The summed E-state index contributed by atoms with van der Waals surface area (Å²) in [5.74, 6) is 0.110. The van der Waals surface area contributed by atoms with E-state index < -0.39 is 21.3 Å². The van der Waals surface area contributed by atoms with Crippen molar-refractivity contribution in [2.45, 2.75) is 30.2 Å². The molecule has 2 aromatic carbocycles. The molecule has 0 aliphatic carbocycles. The van der Waals surface area contributed by atoms with E-state index in [-0.39, 0.29) is 16.3 Å². The molecule has 0 aliphatic rings. The van der Waals surface area contributed by atoms with Crippen molar-refractivity contribution in [3.05, 3.63) is 80.7 Å². The number of benzene rings is 2. The van der Waals surface area contributed by atoms with Gasteiger partial charge in [0, 0.05) is 21.9 Å². The third-order valence-corrected chi connectivity index (χ3v) is 7.15. The Hall–Kier alpha value is -2.91. The second-order valence-corrected chi connectivity index (χ2v) is 9.73. The number of nitrogens with one attached hydrogen (secondary N) is 1. The first-order chi connectivity index (χ1) is 14.6. The second kappa shape index (κ2) is 9.07. The van der Waals surface area contributed by atoms with Crippen LogP contribution >= 0.6 is 15.9 Å². The van der Waals surface area contributed by atoms with Gasteiger partial charge in [-0.25, -0.2) is 8.42 Å². The normalized spacial score (nSPS) is 11.2. The number of aromatic nitrogens is 1. The molecule has 0 spiro atoms. The highest BCUT2D eigenvalue weighted by Crippen LogP contribution is 2.23. The highest BCUT2D eigenvalue weighted by molar-refractivity contribution is 9.10. The van der Waals surface area contributed by atoms with Crippen LogP contribution in [0.15, 0.2) is 73.7 Å². The van der Waals surface area contributed by atoms with Crippen LogP contribution in [-0.2, 0) is 21.2 Å². The molecule has 0 unspecified atom stereocenters. The van der Waals surface area contributed by atoms with Crippen molar-refractivity contribution in [1.82, 2.24) is 4.57 Å². The molecule has 0 saturated carbocycles. The Bertz CT molecular complexity index is 1300. The molecule has 0 aliphatic heterocycles. The number of amides is 1. The van der Waals surface area contributed by atoms with Gasteiger partial charge in [0.2, 0.25) is 15.7 Å². The maximum atomic E-state index is 13.2. The van der Waals surface area contributed by atoms with E-state index in [2.05, 4.69) is 21.2 Å². The standard InChI is InChI=1S/C22H21BrN2O5S/c1-14-11-15(2)25(13-20(26)24-17-5-4-6-18(12-17)30-3)22(27)21(14)31(28,29)19-9-7-16(23)8-10-19/h4-12H,13H2,1-3H3,(H,24,26). The quantitative estimate of drug-likeness (QED) is 0.552. The highest BCUT2D eigenvalue weighted by atomic mass is 79.9. The molecule has 0 bridgehead atoms. The summed E-state index contributed by atoms with van der Waals surface area (Å²) in [4.78, 5) is 25.4. The van der Waals surface area contributed by atoms with E-state index in [1.165, 1.54) is 19.2 Å². The van der Waals surface area contributed by atoms with Gasteiger partial charge in [-0.15, -0.1) is 0 Å². The van der Waals surface area contributed by atoms with Gasteiger partial charge >= 0.3 is 0 Å². The minimum atomic E-state index is -4.06. The molecule has 1 heterocycles. The van der Waals surface area contributed by atoms with Crippen molar-refractivity contribution in [2.75, 3.05) is 12.4 Å². The molecule has 3 rings (SSSR count). The zero-order valence-corrected chi connectivity index (χ0v) is 19.6. The van der Waals surface area contributed by atoms with Crippen molar-refractivity contribution < 1.29 is 17.9 Å². The molecule has 0 saturated heterocycles. The van der Waals surface area contributed by atoms with Gasteiger partial charge < -0.3 is 14.6 Å². The molecule has 0 fully saturated rings. The Labute approximate surface area is 188 Å². The van der Waals surface area contributed by atoms with Crippen molar-refractivity contribution in [2.24, 2.45) is 0 Å². The van der Waals surface area contributed by atoms with Crippen molar-refractivity contribution in [3.63, 3.8) is 0 Å². The molecule has 31 heavy (non-hydrogen) atoms. The number of nitrogens with zero attached hydrogens (tertiary/aromatic N) is 1. The lowest BCUT2D eigenvalue weighted by atomic mass is 10.2. The number of aryl methyl sites for hydroxylation is 2. The fourth-order valence-electron chi connectivity index (χ4n) is 3.21. The Morgan fingerprint density at radius 1 is 1.10 bits per heavy atom. The number of halogens is 1. The van der Waals surface area contributed by atoms with Gasteiger partial charge in [0.1, 0.15) is 17.2 Å². The fourth-order valence-corrected chi connectivity index (χ4v) is 5.03. The predicted octanol–water partition coefficient (Wildman–Crippen LogP) is 3.71. The molecule has 1 aromatic heterocycles. The zero-order valence-electron chi connectivity index (χ0n) is 17.2. The number of hydrogen-bond acceptors (Lipinski definition) is 5. The van der Waals surface area contributed by atoms with Gasteiger partial charge in [-0.05, 0) is 61.9 Å². The van der Waals surface area contributed by atoms with Crippen molar-refractivity contribution in [1.29, 1.82) is 0 Å². The van der Waals surface area contributed by atoms with Gasteiger partial charge in [0.15, 0.2) is 0 Å². The first kappa shape index (κ1) is 22.8. The number of pyridine rings is 1. The van der Waals surface area contributed by atoms with Crippen LogP contribution in [-0.4, -0.2) is 26.0 Å². The molecular weight excluding hydrogens is 484 g/mol. The Morgan fingerprint density at radius 3 is 2.42 bits per heavy atom. The smallest absolute Gasteiger partial charge is 0.270 e. The summed E-state index contributed by atoms with van der Waals surface area (Å²) < 4.78 is 33.3. The van der Waals surface area contributed by atoms with Crippen LogP contribution in [0.5, 0.6) is 5.75 Å². The number of rotatable bonds is 6. The van der Waals surface area contributed by atoms with Crippen LogP contribution < -0.4 is 15.6 Å². The first-order valence-electron chi connectivity index (χ1n) is 9.29. The summed E-state index contributed by atoms with van der Waals surface area (Å²) in [7, 11) is -2.55. The summed E-state index contributed by atoms with van der Waals surface area (Å²) in [5.41, 5.74) is 0.582. The first-order valence-corrected chi connectivity index (χ1v) is 11.6. The van der Waals surface area contributed by atoms with Gasteiger partial charge in [-0.2, -0.15) is 0 Å². The van der Waals surface area contributed by atoms with Crippen LogP contribution in [0.25, 0.3) is 0 Å². The maximum absolute atomic E-state index is 13.2. The number of anilines is 1. The molecule has 0 radical (unpaired) electrons. The summed E-state index contributed by atoms with van der Waals surface area (Å²) >= 11 is 3.27. The number of hydrogen-bond donors (Lipinski definition) is 1. The molecule has 1 N–H and O–H groups in total. The van der Waals surface area contributed by atoms with Gasteiger partial charge in [0.25, 0.3) is 5.56 Å². The average molecular weight is 505 g/mol. The Kier molecular flexibility index (Phi) is 6.66. The minimum Gasteiger partial charge on any atom is -0.497 e. The van der Waals surface area contributed by atoms with Crippen molar-refractivity contribution in [3.8, 4) is 5.75 Å². The number of carbonyl (C=O) groups excluding carboxylic acids is 1. The van der Waals surface area contributed by atoms with Crippen LogP contribution in [0, 0.1) is 13.8 Å². The molecule has 7 nitrogen and oxygen atoms in total. The van der Waals surface area contributed by atoms with E-state index in [1.807, 2.05) is 0 Å². The zero-order chi connectivity index (χ0) is 22.8. The number of carbonyl (C=O) groups is 1. The van der Waals surface area contributed by atoms with Gasteiger partial charge in [-0.1, -0.05) is 22.0 Å². The van der Waals surface area contributed by atoms with E-state index in [4.69, 9.17) is 4.74 Å². The van der Waals surface area contributed by atoms with E-state index >= 15 is 0 Å². The molecule has 3 aromatic rings. The summed E-state index contributed by atoms with van der Waals surface area (Å²) in [5, 5.41) is 2.70. The highest BCUT2D eigenvalue weighted by Gasteiger charge is 2.26. The molecule has 0 atom stereocenters. The third-order valence-electron chi connectivity index (χ3n) is 4.70.